The molecule has 1 rings (SSSR count). The van der Waals surface area contributed by atoms with Crippen LogP contribution in [0.25, 0.3) is 0 Å². The minimum Gasteiger partial charge on any atom is -0.466 e. The number of rotatable bonds is 6. The van der Waals surface area contributed by atoms with Gasteiger partial charge in [-0.15, -0.1) is 0 Å². The van der Waals surface area contributed by atoms with Gasteiger partial charge >= 0.3 is 5.97 Å². The Morgan fingerprint density at radius 1 is 1.61 bits per heavy atom. The number of halogens is 1. The predicted octanol–water partition coefficient (Wildman–Crippen LogP) is 2.36. The van der Waals surface area contributed by atoms with Gasteiger partial charge in [-0.2, -0.15) is 5.26 Å². The maximum atomic E-state index is 11.1. The third kappa shape index (κ3) is 4.60. The molecule has 0 fully saturated rings. The van der Waals surface area contributed by atoms with E-state index in [1.54, 1.807) is 19.1 Å². The van der Waals surface area contributed by atoms with Gasteiger partial charge in [0.2, 0.25) is 0 Å². The Hall–Kier alpha value is -1.80. The first kappa shape index (κ1) is 14.3. The molecule has 0 amide bonds. The van der Waals surface area contributed by atoms with Gasteiger partial charge in [0.15, 0.2) is 5.69 Å². The van der Waals surface area contributed by atoms with E-state index >= 15 is 0 Å². The van der Waals surface area contributed by atoms with Crippen molar-refractivity contribution in [3.8, 4) is 6.07 Å². The van der Waals surface area contributed by atoms with E-state index in [4.69, 9.17) is 21.6 Å². The Labute approximate surface area is 111 Å². The quantitative estimate of drug-likeness (QED) is 0.633. The molecule has 0 saturated carbocycles. The Kier molecular flexibility index (Phi) is 5.95. The number of pyridine rings is 1. The van der Waals surface area contributed by atoms with Gasteiger partial charge in [-0.05, 0) is 25.5 Å². The van der Waals surface area contributed by atoms with Crippen LogP contribution < -0.4 is 5.32 Å². The Bertz CT molecular complexity index is 457. The molecule has 96 valence electrons. The molecule has 5 nitrogen and oxygen atoms in total. The van der Waals surface area contributed by atoms with E-state index in [1.165, 1.54) is 0 Å². The molecule has 1 aromatic heterocycles. The molecule has 0 aliphatic rings. The Morgan fingerprint density at radius 3 is 3.06 bits per heavy atom. The summed E-state index contributed by atoms with van der Waals surface area (Å²) in [6, 6.07) is 5.20. The van der Waals surface area contributed by atoms with Gasteiger partial charge in [0.1, 0.15) is 11.9 Å². The van der Waals surface area contributed by atoms with Gasteiger partial charge in [0, 0.05) is 13.0 Å². The van der Waals surface area contributed by atoms with Gasteiger partial charge < -0.3 is 10.1 Å². The van der Waals surface area contributed by atoms with E-state index in [2.05, 4.69) is 10.3 Å². The first-order valence-corrected chi connectivity index (χ1v) is 6.01. The smallest absolute Gasteiger partial charge is 0.305 e. The molecule has 0 aliphatic heterocycles. The van der Waals surface area contributed by atoms with Crippen LogP contribution in [0.15, 0.2) is 12.1 Å². The first-order chi connectivity index (χ1) is 8.67. The molecular weight excluding hydrogens is 254 g/mol. The Morgan fingerprint density at radius 2 is 2.39 bits per heavy atom. The average Bonchev–Trinajstić information content (AvgIpc) is 2.37. The van der Waals surface area contributed by atoms with Crippen molar-refractivity contribution in [2.75, 3.05) is 18.5 Å². The number of carbonyl (C=O) groups excluding carboxylic acids is 1. The molecule has 0 aliphatic carbocycles. The highest BCUT2D eigenvalue weighted by molar-refractivity contribution is 6.31. The first-order valence-electron chi connectivity index (χ1n) is 5.63. The fraction of sp³-hybridized carbons (Fsp3) is 0.417. The fourth-order valence-corrected chi connectivity index (χ4v) is 1.45. The maximum absolute atomic E-state index is 11.1. The monoisotopic (exact) mass is 267 g/mol. The van der Waals surface area contributed by atoms with Crippen LogP contribution in [-0.4, -0.2) is 24.1 Å². The van der Waals surface area contributed by atoms with E-state index in [0.29, 0.717) is 36.8 Å². The number of nitrogens with zero attached hydrogens (tertiary/aromatic N) is 2. The van der Waals surface area contributed by atoms with E-state index in [0.717, 1.165) is 0 Å². The lowest BCUT2D eigenvalue weighted by molar-refractivity contribution is -0.143. The number of aromatic nitrogens is 1. The van der Waals surface area contributed by atoms with Crippen molar-refractivity contribution in [2.45, 2.75) is 19.8 Å². The highest BCUT2D eigenvalue weighted by Gasteiger charge is 2.04. The second kappa shape index (κ2) is 7.51. The lowest BCUT2D eigenvalue weighted by atomic mass is 10.3. The topological polar surface area (TPSA) is 75.0 Å². The summed E-state index contributed by atoms with van der Waals surface area (Å²) in [6.45, 7) is 2.76. The van der Waals surface area contributed by atoms with Gasteiger partial charge in [-0.1, -0.05) is 11.6 Å². The van der Waals surface area contributed by atoms with Crippen molar-refractivity contribution < 1.29 is 9.53 Å². The lowest BCUT2D eigenvalue weighted by Gasteiger charge is -2.06. The number of anilines is 1. The summed E-state index contributed by atoms with van der Waals surface area (Å²) in [5.74, 6) is 0.362. The standard InChI is InChI=1S/C12H14ClN3O2/c1-2-18-12(17)4-3-7-15-11-6-5-9(13)10(8-14)16-11/h5-6H,2-4,7H2,1H3,(H,15,16). The van der Waals surface area contributed by atoms with Crippen molar-refractivity contribution >= 4 is 23.4 Å². The van der Waals surface area contributed by atoms with Crippen molar-refractivity contribution in [1.29, 1.82) is 5.26 Å². The molecule has 1 aromatic rings. The number of ether oxygens (including phenoxy) is 1. The van der Waals surface area contributed by atoms with E-state index in [9.17, 15) is 4.79 Å². The summed E-state index contributed by atoms with van der Waals surface area (Å²) in [4.78, 5) is 15.1. The maximum Gasteiger partial charge on any atom is 0.305 e. The van der Waals surface area contributed by atoms with E-state index in [1.807, 2.05) is 6.07 Å². The second-order valence-electron chi connectivity index (χ2n) is 3.47. The normalized spacial score (nSPS) is 9.61. The number of carbonyl (C=O) groups is 1. The summed E-state index contributed by atoms with van der Waals surface area (Å²) in [5.41, 5.74) is 0.187. The molecule has 0 unspecified atom stereocenters. The molecular formula is C12H14ClN3O2. The van der Waals surface area contributed by atoms with Crippen molar-refractivity contribution in [3.05, 3.63) is 22.8 Å². The van der Waals surface area contributed by atoms with Gasteiger partial charge in [0.25, 0.3) is 0 Å². The zero-order valence-electron chi connectivity index (χ0n) is 10.1. The molecule has 0 radical (unpaired) electrons. The zero-order chi connectivity index (χ0) is 13.4. The van der Waals surface area contributed by atoms with Gasteiger partial charge in [0.05, 0.1) is 11.6 Å². The van der Waals surface area contributed by atoms with Crippen LogP contribution >= 0.6 is 11.6 Å². The number of nitrogens with one attached hydrogen (secondary N) is 1. The summed E-state index contributed by atoms with van der Waals surface area (Å²) in [5, 5.41) is 12.1. The average molecular weight is 268 g/mol. The molecule has 6 heteroatoms. The molecule has 0 bridgehead atoms. The van der Waals surface area contributed by atoms with Crippen LogP contribution in [0, 0.1) is 11.3 Å². The molecule has 1 heterocycles. The third-order valence-electron chi connectivity index (χ3n) is 2.12. The van der Waals surface area contributed by atoms with Crippen LogP contribution in [0.1, 0.15) is 25.5 Å². The van der Waals surface area contributed by atoms with Crippen molar-refractivity contribution in [3.63, 3.8) is 0 Å². The molecule has 0 saturated heterocycles. The summed E-state index contributed by atoms with van der Waals surface area (Å²) >= 11 is 5.76. The fourth-order valence-electron chi connectivity index (χ4n) is 1.30. The highest BCUT2D eigenvalue weighted by atomic mass is 35.5. The number of nitriles is 1. The minimum absolute atomic E-state index is 0.187. The highest BCUT2D eigenvalue weighted by Crippen LogP contribution is 2.15. The van der Waals surface area contributed by atoms with Gasteiger partial charge in [-0.3, -0.25) is 4.79 Å². The molecule has 0 spiro atoms. The van der Waals surface area contributed by atoms with E-state index < -0.39 is 0 Å². The summed E-state index contributed by atoms with van der Waals surface area (Å²) in [7, 11) is 0. The SMILES string of the molecule is CCOC(=O)CCCNc1ccc(Cl)c(C#N)n1. The van der Waals surface area contributed by atoms with Crippen LogP contribution in [-0.2, 0) is 9.53 Å². The Balaban J connectivity index is 2.36. The van der Waals surface area contributed by atoms with Crippen molar-refractivity contribution in [2.24, 2.45) is 0 Å². The van der Waals surface area contributed by atoms with Gasteiger partial charge in [-0.25, -0.2) is 4.98 Å². The lowest BCUT2D eigenvalue weighted by Crippen LogP contribution is -2.09. The number of hydrogen-bond acceptors (Lipinski definition) is 5. The molecule has 18 heavy (non-hydrogen) atoms. The molecule has 0 atom stereocenters. The minimum atomic E-state index is -0.207. The predicted molar refractivity (Wildman–Crippen MR) is 68.3 cm³/mol. The number of esters is 1. The summed E-state index contributed by atoms with van der Waals surface area (Å²) < 4.78 is 4.80. The van der Waals surface area contributed by atoms with Crippen LogP contribution in [0.4, 0.5) is 5.82 Å². The second-order valence-corrected chi connectivity index (χ2v) is 3.88. The largest absolute Gasteiger partial charge is 0.466 e. The van der Waals surface area contributed by atoms with Crippen LogP contribution in [0.3, 0.4) is 0 Å². The third-order valence-corrected chi connectivity index (χ3v) is 2.43. The zero-order valence-corrected chi connectivity index (χ0v) is 10.8. The molecule has 0 aromatic carbocycles. The van der Waals surface area contributed by atoms with Crippen molar-refractivity contribution in [1.82, 2.24) is 4.98 Å². The molecule has 1 N–H and O–H groups in total. The van der Waals surface area contributed by atoms with Crippen LogP contribution in [0.5, 0.6) is 0 Å². The van der Waals surface area contributed by atoms with E-state index in [-0.39, 0.29) is 11.7 Å². The number of hydrogen-bond donors (Lipinski definition) is 1. The van der Waals surface area contributed by atoms with Crippen LogP contribution in [0.2, 0.25) is 5.02 Å². The summed E-state index contributed by atoms with van der Waals surface area (Å²) in [6.07, 6.45) is 1.00.